The van der Waals surface area contributed by atoms with Crippen molar-refractivity contribution in [2.75, 3.05) is 17.3 Å². The Morgan fingerprint density at radius 3 is 2.58 bits per heavy atom. The second-order valence-electron chi connectivity index (χ2n) is 6.95. The van der Waals surface area contributed by atoms with Gasteiger partial charge in [0.2, 0.25) is 6.17 Å². The summed E-state index contributed by atoms with van der Waals surface area (Å²) < 4.78 is 0. The number of fused-ring (bicyclic) bond motifs is 1. The fraction of sp³-hybridized carbons (Fsp3) is 0.0833. The lowest BCUT2D eigenvalue weighted by Crippen LogP contribution is -2.47. The van der Waals surface area contributed by atoms with E-state index in [1.54, 1.807) is 36.2 Å². The van der Waals surface area contributed by atoms with Gasteiger partial charge in [0, 0.05) is 23.9 Å². The molecule has 0 saturated heterocycles. The Hall–Kier alpha value is -4.02. The van der Waals surface area contributed by atoms with E-state index in [2.05, 4.69) is 16.7 Å². The van der Waals surface area contributed by atoms with Gasteiger partial charge in [0.15, 0.2) is 5.11 Å². The van der Waals surface area contributed by atoms with E-state index >= 15 is 0 Å². The zero-order valence-corrected chi connectivity index (χ0v) is 17.6. The number of nitrogens with zero attached hydrogens (tertiary/aromatic N) is 3. The Kier molecular flexibility index (Phi) is 5.74. The van der Waals surface area contributed by atoms with Gasteiger partial charge < -0.3 is 15.5 Å². The van der Waals surface area contributed by atoms with Crippen LogP contribution in [0.2, 0.25) is 0 Å². The summed E-state index contributed by atoms with van der Waals surface area (Å²) in [7, 11) is 1.73. The number of amides is 1. The van der Waals surface area contributed by atoms with Crippen LogP contribution in [0.1, 0.15) is 16.7 Å². The van der Waals surface area contributed by atoms with Crippen molar-refractivity contribution in [2.24, 2.45) is 4.99 Å². The van der Waals surface area contributed by atoms with Crippen LogP contribution in [0.25, 0.3) is 0 Å². The van der Waals surface area contributed by atoms with Crippen LogP contribution in [0.5, 0.6) is 0 Å². The van der Waals surface area contributed by atoms with E-state index in [1.165, 1.54) is 0 Å². The predicted octanol–water partition coefficient (Wildman–Crippen LogP) is 3.68. The van der Waals surface area contributed by atoms with Gasteiger partial charge in [0.1, 0.15) is 0 Å². The number of rotatable bonds is 3. The smallest absolute Gasteiger partial charge is 0.272 e. The van der Waals surface area contributed by atoms with E-state index in [-0.39, 0.29) is 11.0 Å². The van der Waals surface area contributed by atoms with E-state index in [4.69, 9.17) is 22.5 Å². The molecule has 0 aromatic heterocycles. The summed E-state index contributed by atoms with van der Waals surface area (Å²) in [5.41, 5.74) is 4.43. The van der Waals surface area contributed by atoms with Gasteiger partial charge >= 0.3 is 0 Å². The van der Waals surface area contributed by atoms with Gasteiger partial charge in [-0.3, -0.25) is 4.79 Å². The number of likely N-dealkylation sites (N-methyl/N-ethyl adjacent to an activating group) is 1. The first-order valence-electron chi connectivity index (χ1n) is 9.64. The summed E-state index contributed by atoms with van der Waals surface area (Å²) in [6.45, 7) is 0. The van der Waals surface area contributed by atoms with Crippen molar-refractivity contribution in [1.82, 2.24) is 5.32 Å². The van der Waals surface area contributed by atoms with E-state index in [9.17, 15) is 4.79 Å². The Labute approximate surface area is 185 Å². The topological polar surface area (TPSA) is 80.5 Å². The summed E-state index contributed by atoms with van der Waals surface area (Å²) >= 11 is 5.43. The number of para-hydroxylation sites is 1. The predicted molar refractivity (Wildman–Crippen MR) is 126 cm³/mol. The molecular weight excluding hydrogens is 406 g/mol. The number of carbonyl (C=O) groups excluding carboxylic acids is 1. The SMILES string of the molecule is CN1C(=O)C(NC(=S)Nc2cccc(C#N)c2)N=C(c2ccccc2)c2ccccc21. The molecule has 1 unspecified atom stereocenters. The molecular formula is C24H19N5OS. The van der Waals surface area contributed by atoms with Gasteiger partial charge in [-0.15, -0.1) is 0 Å². The summed E-state index contributed by atoms with van der Waals surface area (Å²) in [6, 6.07) is 26.5. The van der Waals surface area contributed by atoms with E-state index < -0.39 is 6.17 Å². The minimum absolute atomic E-state index is 0.228. The van der Waals surface area contributed by atoms with Crippen LogP contribution >= 0.6 is 12.2 Å². The summed E-state index contributed by atoms with van der Waals surface area (Å²) in [4.78, 5) is 19.6. The maximum absolute atomic E-state index is 13.2. The van der Waals surface area contributed by atoms with Gasteiger partial charge in [-0.05, 0) is 36.5 Å². The summed E-state index contributed by atoms with van der Waals surface area (Å²) in [5, 5.41) is 15.4. The molecule has 1 aliphatic rings. The zero-order chi connectivity index (χ0) is 21.8. The highest BCUT2D eigenvalue weighted by molar-refractivity contribution is 7.80. The first-order chi connectivity index (χ1) is 15.1. The molecule has 3 aromatic rings. The highest BCUT2D eigenvalue weighted by atomic mass is 32.1. The molecule has 0 bridgehead atoms. The number of anilines is 2. The minimum Gasteiger partial charge on any atom is -0.333 e. The number of benzodiazepines with no additional fused rings is 1. The van der Waals surface area contributed by atoms with Crippen LogP contribution in [0.4, 0.5) is 11.4 Å². The molecule has 0 saturated carbocycles. The molecule has 0 fully saturated rings. The molecule has 152 valence electrons. The van der Waals surface area contributed by atoms with Crippen molar-refractivity contribution in [3.63, 3.8) is 0 Å². The monoisotopic (exact) mass is 425 g/mol. The lowest BCUT2D eigenvalue weighted by atomic mass is 10.0. The van der Waals surface area contributed by atoms with Crippen LogP contribution in [-0.4, -0.2) is 29.9 Å². The van der Waals surface area contributed by atoms with E-state index in [1.807, 2.05) is 54.6 Å². The second-order valence-corrected chi connectivity index (χ2v) is 7.36. The Morgan fingerprint density at radius 2 is 1.81 bits per heavy atom. The number of hydrogen-bond acceptors (Lipinski definition) is 4. The number of thiocarbonyl (C=S) groups is 1. The van der Waals surface area contributed by atoms with Crippen LogP contribution in [0.15, 0.2) is 83.9 Å². The molecule has 1 aliphatic heterocycles. The Balaban J connectivity index is 1.67. The molecule has 0 spiro atoms. The molecule has 31 heavy (non-hydrogen) atoms. The molecule has 1 atom stereocenters. The normalized spacial score (nSPS) is 15.2. The average Bonchev–Trinajstić information content (AvgIpc) is 2.90. The average molecular weight is 426 g/mol. The van der Waals surface area contributed by atoms with E-state index in [0.29, 0.717) is 17.0 Å². The number of aliphatic imine (C=N–C) groups is 1. The number of benzene rings is 3. The van der Waals surface area contributed by atoms with Gasteiger partial charge in [-0.1, -0.05) is 54.6 Å². The number of hydrogen-bond donors (Lipinski definition) is 2. The molecule has 7 heteroatoms. The summed E-state index contributed by atoms with van der Waals surface area (Å²) in [5.74, 6) is -0.228. The maximum atomic E-state index is 13.2. The molecule has 0 radical (unpaired) electrons. The zero-order valence-electron chi connectivity index (χ0n) is 16.7. The van der Waals surface area contributed by atoms with Crippen molar-refractivity contribution >= 4 is 40.3 Å². The maximum Gasteiger partial charge on any atom is 0.272 e. The second kappa shape index (κ2) is 8.78. The number of nitriles is 1. The first-order valence-corrected chi connectivity index (χ1v) is 10.1. The lowest BCUT2D eigenvalue weighted by molar-refractivity contribution is -0.119. The molecule has 3 aromatic carbocycles. The van der Waals surface area contributed by atoms with Crippen molar-refractivity contribution in [1.29, 1.82) is 5.26 Å². The van der Waals surface area contributed by atoms with Gasteiger partial charge in [0.05, 0.1) is 23.0 Å². The van der Waals surface area contributed by atoms with Crippen LogP contribution in [0, 0.1) is 11.3 Å². The quantitative estimate of drug-likeness (QED) is 0.626. The summed E-state index contributed by atoms with van der Waals surface area (Å²) in [6.07, 6.45) is -0.910. The third kappa shape index (κ3) is 4.29. The van der Waals surface area contributed by atoms with Gasteiger partial charge in [0.25, 0.3) is 5.91 Å². The van der Waals surface area contributed by atoms with Crippen molar-refractivity contribution in [2.45, 2.75) is 6.17 Å². The lowest BCUT2D eigenvalue weighted by Gasteiger charge is -2.21. The number of nitrogens with one attached hydrogen (secondary N) is 2. The number of carbonyl (C=O) groups is 1. The van der Waals surface area contributed by atoms with E-state index in [0.717, 1.165) is 16.8 Å². The minimum atomic E-state index is -0.910. The molecule has 1 amide bonds. The molecule has 6 nitrogen and oxygen atoms in total. The molecule has 1 heterocycles. The molecule has 2 N–H and O–H groups in total. The van der Waals surface area contributed by atoms with Crippen LogP contribution in [0.3, 0.4) is 0 Å². The largest absolute Gasteiger partial charge is 0.333 e. The third-order valence-corrected chi connectivity index (χ3v) is 5.13. The highest BCUT2D eigenvalue weighted by Crippen LogP contribution is 2.27. The van der Waals surface area contributed by atoms with Crippen molar-refractivity contribution in [3.05, 3.63) is 95.6 Å². The third-order valence-electron chi connectivity index (χ3n) is 4.91. The van der Waals surface area contributed by atoms with Crippen molar-refractivity contribution < 1.29 is 4.79 Å². The van der Waals surface area contributed by atoms with Crippen LogP contribution < -0.4 is 15.5 Å². The van der Waals surface area contributed by atoms with Gasteiger partial charge in [-0.25, -0.2) is 4.99 Å². The van der Waals surface area contributed by atoms with Gasteiger partial charge in [-0.2, -0.15) is 5.26 Å². The fourth-order valence-corrected chi connectivity index (χ4v) is 3.63. The fourth-order valence-electron chi connectivity index (χ4n) is 3.40. The van der Waals surface area contributed by atoms with Crippen molar-refractivity contribution in [3.8, 4) is 6.07 Å². The van der Waals surface area contributed by atoms with Crippen LogP contribution in [-0.2, 0) is 4.79 Å². The molecule has 0 aliphatic carbocycles. The highest BCUT2D eigenvalue weighted by Gasteiger charge is 2.30. The molecule has 4 rings (SSSR count). The Bertz CT molecular complexity index is 1220. The first kappa shape index (κ1) is 20.3. The standard InChI is InChI=1S/C24H19N5OS/c1-29-20-13-6-5-12-19(20)21(17-9-3-2-4-10-17)27-22(23(29)30)28-24(31)26-18-11-7-8-16(14-18)15-25/h2-14,22H,1H3,(H2,26,28,31). The Morgan fingerprint density at radius 1 is 1.06 bits per heavy atom.